The number of rotatable bonds is 21. The lowest BCUT2D eigenvalue weighted by atomic mass is 9.75. The summed E-state index contributed by atoms with van der Waals surface area (Å²) in [6.07, 6.45) is 13.7. The van der Waals surface area contributed by atoms with Gasteiger partial charge in [0, 0.05) is 36.7 Å². The summed E-state index contributed by atoms with van der Waals surface area (Å²) in [4.78, 5) is 59.8. The second kappa shape index (κ2) is 53.2. The molecule has 3 aliphatic rings. The Kier molecular flexibility index (Phi) is 49.3. The maximum Gasteiger partial charge on any atom is 0.410 e. The first-order chi connectivity index (χ1) is 53.9. The number of nitrogens with one attached hydrogen (secondary N) is 1. The van der Waals surface area contributed by atoms with Crippen LogP contribution < -0.4 is 39.1 Å². The van der Waals surface area contributed by atoms with Gasteiger partial charge in [-0.15, -0.1) is 0 Å². The highest BCUT2D eigenvalue weighted by molar-refractivity contribution is 7.95. The first-order valence-corrected chi connectivity index (χ1v) is 45.2. The van der Waals surface area contributed by atoms with E-state index in [-0.39, 0.29) is 87.7 Å². The summed E-state index contributed by atoms with van der Waals surface area (Å²) >= 11 is 0. The summed E-state index contributed by atoms with van der Waals surface area (Å²) in [5, 5.41) is 7.81. The summed E-state index contributed by atoms with van der Waals surface area (Å²) in [6.45, 7) is 65.6. The van der Waals surface area contributed by atoms with Gasteiger partial charge in [-0.3, -0.25) is 14.4 Å². The van der Waals surface area contributed by atoms with Crippen LogP contribution in [0.15, 0.2) is 161 Å². The molecule has 3 heterocycles. The number of esters is 2. The van der Waals surface area contributed by atoms with Crippen molar-refractivity contribution in [2.45, 2.75) is 319 Å². The molecule has 1 atom stereocenters. The van der Waals surface area contributed by atoms with Gasteiger partial charge in [0.15, 0.2) is 11.7 Å². The number of amides is 2. The van der Waals surface area contributed by atoms with E-state index in [0.29, 0.717) is 53.1 Å². The smallest absolute Gasteiger partial charge is 0.410 e. The average Bonchev–Trinajstić information content (AvgIpc) is 1.32. The van der Waals surface area contributed by atoms with Crippen molar-refractivity contribution in [2.24, 2.45) is 52.3 Å². The monoisotopic (exact) mass is 1660 g/mol. The van der Waals surface area contributed by atoms with E-state index in [1.54, 1.807) is 18.4 Å². The Morgan fingerprint density at radius 1 is 0.547 bits per heavy atom. The van der Waals surface area contributed by atoms with E-state index in [4.69, 9.17) is 37.6 Å². The summed E-state index contributed by atoms with van der Waals surface area (Å²) in [5.41, 5.74) is 1.23. The van der Waals surface area contributed by atoms with Gasteiger partial charge in [0.2, 0.25) is 0 Å². The van der Waals surface area contributed by atoms with Crippen molar-refractivity contribution < 1.29 is 69.2 Å². The Morgan fingerprint density at radius 3 is 1.40 bits per heavy atom. The number of hydrogen-bond donors (Lipinski definition) is 1. The number of carbonyl (C=O) groups is 4. The standard InChI is InChI=1S/C23H26P.C13H24O2.C12H23NO2.C12H12O2.C12H24O2.C11H16O.C9H19NO2.C8H16O2.ClH/c1-20(2)18-19-24(21-12-6-3-7-13-21,22-14-8-4-9-15-22)23-16-10-5-11-17-23;1-10(2)13(8-6-7-9-13)11(14)15-12(3,4)5;1-9(2)10-7-6-8-13(10)11(14)15-12(3,4)5;1-8(2)10-7-14-11-6-4-3-5-9(11)12(10)13;1-10(2)6-5-7-11-13-8-12(3,4)9-14-11;1-10(2)8-12-9-11-6-4-3-5-7-11;1-7(2)6-10-8(11)12-9(3,4)5;1-6(2)7(9)10-8(3,4)5;/h3-17,20H,18-19H2,1-2H3;10H,6-9H2,1-5H3;9-10H,6-8H2,1-5H3;3-8H,1-2H3;10-11H,5-9H2,1-4H3;3-7,10H,8-9H2,1-2H3;7H,6H2,1-5H3,(H,10,11);6H,1-5H3;1H/q+1;;;;;;;;/p-1/t;;10-;;;;;;/m..1....../s1. The summed E-state index contributed by atoms with van der Waals surface area (Å²) in [7, 11) is -1.61. The van der Waals surface area contributed by atoms with Gasteiger partial charge in [-0.05, 0) is 224 Å². The summed E-state index contributed by atoms with van der Waals surface area (Å²) < 4.78 is 43.2. The van der Waals surface area contributed by atoms with E-state index in [1.165, 1.54) is 46.9 Å². The molecule has 15 nitrogen and oxygen atoms in total. The fourth-order valence-electron chi connectivity index (χ4n) is 12.9. The Labute approximate surface area is 717 Å². The molecule has 1 saturated carbocycles. The average molecular weight is 1660 g/mol. The molecule has 0 spiro atoms. The van der Waals surface area contributed by atoms with Crippen LogP contribution in [0.5, 0.6) is 0 Å². The molecule has 1 aliphatic carbocycles. The molecule has 1 N–H and O–H groups in total. The highest BCUT2D eigenvalue weighted by atomic mass is 35.5. The molecule has 2 saturated heterocycles. The summed E-state index contributed by atoms with van der Waals surface area (Å²) in [6, 6.07) is 51.4. The van der Waals surface area contributed by atoms with Crippen LogP contribution >= 0.6 is 7.26 Å². The quantitative estimate of drug-likeness (QED) is 0.0409. The first kappa shape index (κ1) is 108. The second-order valence-electron chi connectivity index (χ2n) is 38.9. The summed E-state index contributed by atoms with van der Waals surface area (Å²) in [5.74, 6) is 3.53. The van der Waals surface area contributed by atoms with Crippen molar-refractivity contribution in [1.82, 2.24) is 10.2 Å². The molecule has 9 rings (SSSR count). The minimum absolute atomic E-state index is 0. The Balaban J connectivity index is 0.000000678. The van der Waals surface area contributed by atoms with Crippen LogP contribution in [0.3, 0.4) is 0 Å². The SMILES string of the molecule is CC(C)C(=O)OC(C)(C)C.CC(C)C1(C(=O)OC(C)(C)C)CCCC1.CC(C)CCCC1OCC(C)(C)CO1.CC(C)CC[P+](c1ccccc1)(c1ccccc1)c1ccccc1.CC(C)CNC(=O)OC(C)(C)C.CC(C)COCc1ccccc1.CC(C)[C@H]1CCCN1C(=O)OC(C)(C)C.CC(C)c1coc2ccccc2c1=O.[Cl-]. The third-order valence-electron chi connectivity index (χ3n) is 19.1. The molecule has 1 aromatic heterocycles. The van der Waals surface area contributed by atoms with E-state index in [1.807, 2.05) is 160 Å². The highest BCUT2D eigenvalue weighted by Crippen LogP contribution is 2.56. The van der Waals surface area contributed by atoms with Gasteiger partial charge in [0.25, 0.3) is 0 Å². The zero-order valence-electron chi connectivity index (χ0n) is 78.3. The van der Waals surface area contributed by atoms with Crippen LogP contribution in [0, 0.1) is 52.3 Å². The molecule has 5 aromatic carbocycles. The first-order valence-electron chi connectivity index (χ1n) is 43.3. The highest BCUT2D eigenvalue weighted by Gasteiger charge is 2.47. The molecule has 2 amide bonds. The van der Waals surface area contributed by atoms with E-state index in [0.717, 1.165) is 89.4 Å². The number of alkyl carbamates (subject to hydrolysis) is 1. The second-order valence-corrected chi connectivity index (χ2v) is 42.6. The Morgan fingerprint density at radius 2 is 1.00 bits per heavy atom. The predicted molar refractivity (Wildman–Crippen MR) is 487 cm³/mol. The van der Waals surface area contributed by atoms with Crippen LogP contribution in [0.4, 0.5) is 9.59 Å². The molecular formula is C100H160ClN2O13P. The van der Waals surface area contributed by atoms with Crippen LogP contribution in [0.25, 0.3) is 11.0 Å². The van der Waals surface area contributed by atoms with Gasteiger partial charge in [-0.25, -0.2) is 9.59 Å². The van der Waals surface area contributed by atoms with Crippen molar-refractivity contribution in [3.8, 4) is 0 Å². The number of ether oxygens (including phenoxy) is 7. The molecule has 17 heteroatoms. The normalized spacial score (nSPS) is 15.2. The Hall–Kier alpha value is -6.61. The van der Waals surface area contributed by atoms with Gasteiger partial charge in [0.1, 0.15) is 51.2 Å². The maximum absolute atomic E-state index is 12.2. The van der Waals surface area contributed by atoms with Crippen LogP contribution in [0.1, 0.15) is 289 Å². The van der Waals surface area contributed by atoms with Crippen molar-refractivity contribution in [2.75, 3.05) is 39.1 Å². The number of halogens is 1. The van der Waals surface area contributed by atoms with Crippen molar-refractivity contribution in [3.05, 3.63) is 173 Å². The predicted octanol–water partition coefficient (Wildman–Crippen LogP) is 21.8. The van der Waals surface area contributed by atoms with E-state index in [2.05, 4.69) is 192 Å². The number of carbonyl (C=O) groups excluding carboxylic acids is 4. The van der Waals surface area contributed by atoms with Gasteiger partial charge in [-0.2, -0.15) is 0 Å². The van der Waals surface area contributed by atoms with Gasteiger partial charge in [0.05, 0.1) is 49.0 Å². The van der Waals surface area contributed by atoms with E-state index < -0.39 is 12.9 Å². The van der Waals surface area contributed by atoms with Crippen LogP contribution in [-0.4, -0.2) is 103 Å². The molecule has 6 aromatic rings. The topological polar surface area (TPSA) is 178 Å². The molecule has 117 heavy (non-hydrogen) atoms. The molecule has 660 valence electrons. The number of nitrogens with zero attached hydrogens (tertiary/aromatic N) is 1. The molecular weight excluding hydrogens is 1500 g/mol. The molecule has 0 bridgehead atoms. The van der Waals surface area contributed by atoms with Crippen molar-refractivity contribution in [1.29, 1.82) is 0 Å². The van der Waals surface area contributed by atoms with Crippen molar-refractivity contribution in [3.63, 3.8) is 0 Å². The van der Waals surface area contributed by atoms with E-state index in [9.17, 15) is 24.0 Å². The van der Waals surface area contributed by atoms with E-state index >= 15 is 0 Å². The lowest BCUT2D eigenvalue weighted by Crippen LogP contribution is -3.00. The largest absolute Gasteiger partial charge is 1.00 e. The van der Waals surface area contributed by atoms with Crippen LogP contribution in [-0.2, 0) is 49.4 Å². The number of likely N-dealkylation sites (tertiary alicyclic amines) is 1. The fraction of sp³-hybridized carbons (Fsp3) is 0.630. The third-order valence-corrected chi connectivity index (χ3v) is 23.6. The van der Waals surface area contributed by atoms with Crippen LogP contribution in [0.2, 0.25) is 0 Å². The van der Waals surface area contributed by atoms with Crippen molar-refractivity contribution >= 4 is 58.3 Å². The minimum atomic E-state index is -1.61. The lowest BCUT2D eigenvalue weighted by Gasteiger charge is -2.34. The number of fused-ring (bicyclic) bond motifs is 1. The molecule has 3 fully saturated rings. The van der Waals surface area contributed by atoms with Gasteiger partial charge in [-0.1, -0.05) is 241 Å². The lowest BCUT2D eigenvalue weighted by molar-refractivity contribution is -0.224. The number of benzene rings is 5. The zero-order chi connectivity index (χ0) is 87.8. The number of hydrogen-bond acceptors (Lipinski definition) is 13. The minimum Gasteiger partial charge on any atom is -1.00 e. The zero-order valence-corrected chi connectivity index (χ0v) is 80.0. The molecule has 0 radical (unpaired) electrons. The molecule has 2 aliphatic heterocycles. The Bertz CT molecular complexity index is 3620. The third kappa shape index (κ3) is 44.0. The molecule has 0 unspecified atom stereocenters. The maximum atomic E-state index is 12.2. The fourth-order valence-corrected chi connectivity index (χ4v) is 17.5. The van der Waals surface area contributed by atoms with Gasteiger partial charge >= 0.3 is 24.1 Å². The van der Waals surface area contributed by atoms with Gasteiger partial charge < -0.3 is 60.2 Å². The number of para-hydroxylation sites is 1.